The van der Waals surface area contributed by atoms with Gasteiger partial charge in [-0.15, -0.1) is 11.8 Å². The van der Waals surface area contributed by atoms with Gasteiger partial charge >= 0.3 is 0 Å². The molecule has 0 aliphatic heterocycles. The highest BCUT2D eigenvalue weighted by molar-refractivity contribution is 7.99. The number of carbonyl (C=O) groups excluding carboxylic acids is 1. The molecule has 1 atom stereocenters. The third kappa shape index (κ3) is 6.26. The number of amides is 1. The fourth-order valence-corrected chi connectivity index (χ4v) is 2.94. The average Bonchev–Trinajstić information content (AvgIpc) is 2.59. The molecular weight excluding hydrogens is 322 g/mol. The van der Waals surface area contributed by atoms with Crippen LogP contribution in [0.3, 0.4) is 0 Å². The third-order valence-electron chi connectivity index (χ3n) is 3.37. The maximum atomic E-state index is 11.0. The molecule has 1 unspecified atom stereocenters. The lowest BCUT2D eigenvalue weighted by Crippen LogP contribution is -2.20. The first-order valence-electron chi connectivity index (χ1n) is 7.97. The Bertz CT molecular complexity index is 658. The van der Waals surface area contributed by atoms with E-state index in [1.54, 1.807) is 11.8 Å². The highest BCUT2D eigenvalue weighted by atomic mass is 32.2. The molecule has 5 heteroatoms. The van der Waals surface area contributed by atoms with E-state index in [1.165, 1.54) is 12.5 Å². The number of hydrogen-bond acceptors (Lipinski definition) is 4. The van der Waals surface area contributed by atoms with Crippen LogP contribution >= 0.6 is 11.8 Å². The largest absolute Gasteiger partial charge is 0.491 e. The standard InChI is InChI=1S/C19H23NO3S/c1-3-15-5-4-6-18(11-15)23-12-17(22)13-24-19-9-7-16(8-10-19)20-14(2)21/h4-11,17,22H,3,12-13H2,1-2H3,(H,20,21). The fraction of sp³-hybridized carbons (Fsp3) is 0.316. The molecule has 2 aromatic carbocycles. The van der Waals surface area contributed by atoms with Crippen molar-refractivity contribution in [1.82, 2.24) is 0 Å². The molecule has 2 rings (SSSR count). The van der Waals surface area contributed by atoms with Gasteiger partial charge in [-0.3, -0.25) is 4.79 Å². The topological polar surface area (TPSA) is 58.6 Å². The lowest BCUT2D eigenvalue weighted by Gasteiger charge is -2.13. The molecule has 0 saturated carbocycles. The molecule has 2 aromatic rings. The first kappa shape index (κ1) is 18.4. The monoisotopic (exact) mass is 345 g/mol. The van der Waals surface area contributed by atoms with Crippen LogP contribution in [0.4, 0.5) is 5.69 Å². The first-order chi connectivity index (χ1) is 11.6. The van der Waals surface area contributed by atoms with Crippen LogP contribution < -0.4 is 10.1 Å². The SMILES string of the molecule is CCc1cccc(OCC(O)CSc2ccc(NC(C)=O)cc2)c1. The highest BCUT2D eigenvalue weighted by Gasteiger charge is 2.07. The number of rotatable bonds is 8. The van der Waals surface area contributed by atoms with Gasteiger partial charge in [-0.25, -0.2) is 0 Å². The summed E-state index contributed by atoms with van der Waals surface area (Å²) in [5.74, 6) is 1.25. The minimum atomic E-state index is -0.546. The van der Waals surface area contributed by atoms with E-state index in [1.807, 2.05) is 42.5 Å². The van der Waals surface area contributed by atoms with E-state index in [9.17, 15) is 9.90 Å². The van der Waals surface area contributed by atoms with Gasteiger partial charge in [-0.1, -0.05) is 19.1 Å². The molecule has 4 nitrogen and oxygen atoms in total. The Morgan fingerprint density at radius 3 is 2.67 bits per heavy atom. The van der Waals surface area contributed by atoms with Crippen LogP contribution in [0, 0.1) is 0 Å². The lowest BCUT2D eigenvalue weighted by molar-refractivity contribution is -0.114. The number of aliphatic hydroxyl groups is 1. The van der Waals surface area contributed by atoms with E-state index < -0.39 is 6.10 Å². The Morgan fingerprint density at radius 1 is 1.25 bits per heavy atom. The number of carbonyl (C=O) groups is 1. The number of anilines is 1. The molecular formula is C19H23NO3S. The Kier molecular flexibility index (Phi) is 7.15. The zero-order chi connectivity index (χ0) is 17.4. The van der Waals surface area contributed by atoms with Crippen LogP contribution in [0.1, 0.15) is 19.4 Å². The van der Waals surface area contributed by atoms with Gasteiger partial charge in [0.2, 0.25) is 5.91 Å². The Balaban J connectivity index is 1.76. The van der Waals surface area contributed by atoms with Gasteiger partial charge in [-0.2, -0.15) is 0 Å². The smallest absolute Gasteiger partial charge is 0.221 e. The average molecular weight is 345 g/mol. The second-order valence-electron chi connectivity index (χ2n) is 5.48. The van der Waals surface area contributed by atoms with E-state index in [2.05, 4.69) is 18.3 Å². The van der Waals surface area contributed by atoms with Crippen molar-refractivity contribution in [2.75, 3.05) is 17.7 Å². The summed E-state index contributed by atoms with van der Waals surface area (Å²) < 4.78 is 5.65. The number of nitrogens with one attached hydrogen (secondary N) is 1. The molecule has 0 aliphatic carbocycles. The molecule has 0 aliphatic rings. The molecule has 0 bridgehead atoms. The zero-order valence-corrected chi connectivity index (χ0v) is 14.8. The molecule has 0 heterocycles. The quantitative estimate of drug-likeness (QED) is 0.716. The Hall–Kier alpha value is -1.98. The van der Waals surface area contributed by atoms with Gasteiger partial charge in [0.1, 0.15) is 12.4 Å². The molecule has 0 radical (unpaired) electrons. The molecule has 24 heavy (non-hydrogen) atoms. The summed E-state index contributed by atoms with van der Waals surface area (Å²) in [7, 11) is 0. The minimum Gasteiger partial charge on any atom is -0.491 e. The van der Waals surface area contributed by atoms with Crippen molar-refractivity contribution in [3.05, 3.63) is 54.1 Å². The summed E-state index contributed by atoms with van der Waals surface area (Å²) in [5, 5.41) is 12.8. The van der Waals surface area contributed by atoms with E-state index in [0.29, 0.717) is 5.75 Å². The molecule has 0 aromatic heterocycles. The van der Waals surface area contributed by atoms with Crippen LogP contribution in [0.15, 0.2) is 53.4 Å². The van der Waals surface area contributed by atoms with Crippen LogP contribution in [0.5, 0.6) is 5.75 Å². The number of thioether (sulfide) groups is 1. The van der Waals surface area contributed by atoms with Crippen molar-refractivity contribution >= 4 is 23.4 Å². The minimum absolute atomic E-state index is 0.0879. The molecule has 0 fully saturated rings. The number of hydrogen-bond donors (Lipinski definition) is 2. The maximum absolute atomic E-state index is 11.0. The number of benzene rings is 2. The zero-order valence-electron chi connectivity index (χ0n) is 14.0. The van der Waals surface area contributed by atoms with Crippen molar-refractivity contribution < 1.29 is 14.6 Å². The van der Waals surface area contributed by atoms with Crippen molar-refractivity contribution in [2.45, 2.75) is 31.3 Å². The fourth-order valence-electron chi connectivity index (χ4n) is 2.13. The van der Waals surface area contributed by atoms with Gasteiger partial charge in [0.25, 0.3) is 0 Å². The summed E-state index contributed by atoms with van der Waals surface area (Å²) >= 11 is 1.56. The first-order valence-corrected chi connectivity index (χ1v) is 8.95. The summed E-state index contributed by atoms with van der Waals surface area (Å²) in [6, 6.07) is 15.5. The summed E-state index contributed by atoms with van der Waals surface area (Å²) in [6.07, 6.45) is 0.416. The van der Waals surface area contributed by atoms with Gasteiger partial charge in [-0.05, 0) is 48.4 Å². The van der Waals surface area contributed by atoms with Gasteiger partial charge < -0.3 is 15.2 Å². The molecule has 0 saturated heterocycles. The molecule has 0 spiro atoms. The number of ether oxygens (including phenoxy) is 1. The molecule has 1 amide bonds. The van der Waals surface area contributed by atoms with Crippen LogP contribution in [0.25, 0.3) is 0 Å². The lowest BCUT2D eigenvalue weighted by atomic mass is 10.2. The normalized spacial score (nSPS) is 11.8. The van der Waals surface area contributed by atoms with Crippen molar-refractivity contribution in [3.63, 3.8) is 0 Å². The van der Waals surface area contributed by atoms with Gasteiger partial charge in [0.15, 0.2) is 0 Å². The van der Waals surface area contributed by atoms with E-state index in [-0.39, 0.29) is 12.5 Å². The maximum Gasteiger partial charge on any atom is 0.221 e. The van der Waals surface area contributed by atoms with E-state index in [4.69, 9.17) is 4.74 Å². The van der Waals surface area contributed by atoms with Crippen molar-refractivity contribution in [2.24, 2.45) is 0 Å². The van der Waals surface area contributed by atoms with E-state index in [0.717, 1.165) is 22.8 Å². The number of aliphatic hydroxyl groups excluding tert-OH is 1. The van der Waals surface area contributed by atoms with Crippen LogP contribution in [-0.4, -0.2) is 29.5 Å². The third-order valence-corrected chi connectivity index (χ3v) is 4.52. The Morgan fingerprint density at radius 2 is 2.00 bits per heavy atom. The second-order valence-corrected chi connectivity index (χ2v) is 6.58. The molecule has 2 N–H and O–H groups in total. The second kappa shape index (κ2) is 9.35. The number of aryl methyl sites for hydroxylation is 1. The van der Waals surface area contributed by atoms with Gasteiger partial charge in [0.05, 0.1) is 6.10 Å². The predicted octanol–water partition coefficient (Wildman–Crippen LogP) is 3.74. The van der Waals surface area contributed by atoms with Crippen molar-refractivity contribution in [3.8, 4) is 5.75 Å². The summed E-state index contributed by atoms with van der Waals surface area (Å²) in [5.41, 5.74) is 1.99. The summed E-state index contributed by atoms with van der Waals surface area (Å²) in [4.78, 5) is 12.0. The molecule has 128 valence electrons. The van der Waals surface area contributed by atoms with Crippen molar-refractivity contribution in [1.29, 1.82) is 0 Å². The van der Waals surface area contributed by atoms with Gasteiger partial charge in [0, 0.05) is 23.3 Å². The highest BCUT2D eigenvalue weighted by Crippen LogP contribution is 2.21. The summed E-state index contributed by atoms with van der Waals surface area (Å²) in [6.45, 7) is 3.85. The van der Waals surface area contributed by atoms with Crippen LogP contribution in [-0.2, 0) is 11.2 Å². The van der Waals surface area contributed by atoms with Crippen LogP contribution in [0.2, 0.25) is 0 Å². The van der Waals surface area contributed by atoms with E-state index >= 15 is 0 Å². The Labute approximate surface area is 147 Å². The predicted molar refractivity (Wildman–Crippen MR) is 98.8 cm³/mol.